The Morgan fingerprint density at radius 2 is 2.17 bits per heavy atom. The summed E-state index contributed by atoms with van der Waals surface area (Å²) in [6, 6.07) is 6.79. The Hall–Kier alpha value is -1.79. The highest BCUT2D eigenvalue weighted by molar-refractivity contribution is 7.11. The minimum Gasteiger partial charge on any atom is -0.330 e. The predicted molar refractivity (Wildman–Crippen MR) is 70.8 cm³/mol. The van der Waals surface area contributed by atoms with Crippen LogP contribution in [0.25, 0.3) is 0 Å². The molecule has 1 aromatic carbocycles. The van der Waals surface area contributed by atoms with Crippen molar-refractivity contribution in [2.45, 2.75) is 12.8 Å². The number of hydrogen-bond acceptors (Lipinski definition) is 5. The van der Waals surface area contributed by atoms with Gasteiger partial charge in [0.25, 0.3) is 5.69 Å². The van der Waals surface area contributed by atoms with E-state index < -0.39 is 0 Å². The first-order valence-corrected chi connectivity index (χ1v) is 6.38. The second-order valence-electron chi connectivity index (χ2n) is 3.82. The molecule has 18 heavy (non-hydrogen) atoms. The molecule has 2 N–H and O–H groups in total. The highest BCUT2D eigenvalue weighted by Gasteiger charge is 2.13. The number of nitrogens with two attached hydrogens (primary N) is 1. The summed E-state index contributed by atoms with van der Waals surface area (Å²) in [5.41, 5.74) is 6.34. The molecule has 0 fully saturated rings. The van der Waals surface area contributed by atoms with Crippen molar-refractivity contribution in [3.05, 3.63) is 56.0 Å². The fraction of sp³-hybridized carbons (Fsp3) is 0.250. The van der Waals surface area contributed by atoms with E-state index in [0.29, 0.717) is 18.5 Å². The van der Waals surface area contributed by atoms with Crippen molar-refractivity contribution < 1.29 is 4.92 Å². The molecule has 0 atom stereocenters. The van der Waals surface area contributed by atoms with Crippen LogP contribution in [0.1, 0.15) is 15.4 Å². The number of hydrogen-bond donors (Lipinski definition) is 1. The zero-order valence-corrected chi connectivity index (χ0v) is 10.5. The third-order valence-electron chi connectivity index (χ3n) is 2.51. The lowest BCUT2D eigenvalue weighted by molar-refractivity contribution is -0.385. The van der Waals surface area contributed by atoms with E-state index in [9.17, 15) is 10.1 Å². The Morgan fingerprint density at radius 3 is 2.89 bits per heavy atom. The summed E-state index contributed by atoms with van der Waals surface area (Å²) in [6.45, 7) is 0.568. The molecular formula is C12H13N3O2S. The maximum absolute atomic E-state index is 10.9. The highest BCUT2D eigenvalue weighted by atomic mass is 32.1. The topological polar surface area (TPSA) is 82.0 Å². The number of benzene rings is 1. The summed E-state index contributed by atoms with van der Waals surface area (Å²) in [6.07, 6.45) is 3.06. The van der Waals surface area contributed by atoms with Gasteiger partial charge in [0.2, 0.25) is 0 Å². The van der Waals surface area contributed by atoms with Crippen LogP contribution in [-0.4, -0.2) is 16.5 Å². The van der Waals surface area contributed by atoms with Crippen LogP contribution >= 0.6 is 11.3 Å². The Kier molecular flexibility index (Phi) is 4.01. The summed E-state index contributed by atoms with van der Waals surface area (Å²) >= 11 is 1.56. The molecule has 0 aliphatic heterocycles. The molecule has 0 unspecified atom stereocenters. The van der Waals surface area contributed by atoms with Gasteiger partial charge in [0, 0.05) is 35.5 Å². The van der Waals surface area contributed by atoms with Crippen LogP contribution < -0.4 is 5.73 Å². The van der Waals surface area contributed by atoms with Crippen molar-refractivity contribution >= 4 is 17.0 Å². The Bertz CT molecular complexity index is 554. The van der Waals surface area contributed by atoms with Crippen molar-refractivity contribution in [2.24, 2.45) is 5.73 Å². The lowest BCUT2D eigenvalue weighted by Crippen LogP contribution is -2.01. The third kappa shape index (κ3) is 2.91. The van der Waals surface area contributed by atoms with Crippen molar-refractivity contribution in [3.8, 4) is 0 Å². The molecule has 0 saturated carbocycles. The van der Waals surface area contributed by atoms with Crippen LogP contribution in [0, 0.1) is 10.1 Å². The highest BCUT2D eigenvalue weighted by Crippen LogP contribution is 2.23. The molecule has 1 heterocycles. The smallest absolute Gasteiger partial charge is 0.272 e. The molecule has 0 aliphatic rings. The normalized spacial score (nSPS) is 10.5. The maximum atomic E-state index is 10.9. The number of nitro benzene ring substituents is 1. The van der Waals surface area contributed by atoms with Gasteiger partial charge in [0.1, 0.15) is 0 Å². The van der Waals surface area contributed by atoms with Crippen LogP contribution in [0.15, 0.2) is 30.5 Å². The second-order valence-corrected chi connectivity index (χ2v) is 5.02. The quantitative estimate of drug-likeness (QED) is 0.662. The number of nitrogens with zero attached hydrogens (tertiary/aromatic N) is 2. The Morgan fingerprint density at radius 1 is 1.39 bits per heavy atom. The average Bonchev–Trinajstić information content (AvgIpc) is 2.77. The lowest BCUT2D eigenvalue weighted by atomic mass is 10.1. The van der Waals surface area contributed by atoms with Gasteiger partial charge in [-0.15, -0.1) is 11.3 Å². The van der Waals surface area contributed by atoms with Gasteiger partial charge in [-0.3, -0.25) is 10.1 Å². The summed E-state index contributed by atoms with van der Waals surface area (Å²) in [4.78, 5) is 15.8. The van der Waals surface area contributed by atoms with Gasteiger partial charge in [0.05, 0.1) is 9.93 Å². The monoisotopic (exact) mass is 263 g/mol. The van der Waals surface area contributed by atoms with E-state index in [2.05, 4.69) is 4.98 Å². The summed E-state index contributed by atoms with van der Waals surface area (Å²) in [5.74, 6) is 0. The van der Waals surface area contributed by atoms with Gasteiger partial charge < -0.3 is 5.73 Å². The van der Waals surface area contributed by atoms with Gasteiger partial charge in [-0.2, -0.15) is 0 Å². The van der Waals surface area contributed by atoms with Crippen molar-refractivity contribution in [3.63, 3.8) is 0 Å². The van der Waals surface area contributed by atoms with Gasteiger partial charge >= 0.3 is 0 Å². The molecule has 1 aromatic heterocycles. The van der Waals surface area contributed by atoms with Gasteiger partial charge in [-0.1, -0.05) is 18.2 Å². The number of thiazole rings is 1. The van der Waals surface area contributed by atoms with Crippen LogP contribution in [-0.2, 0) is 12.8 Å². The Labute approximate surface area is 108 Å². The van der Waals surface area contributed by atoms with E-state index in [1.165, 1.54) is 6.07 Å². The first kappa shape index (κ1) is 12.7. The molecule has 0 aliphatic carbocycles. The minimum atomic E-state index is -0.350. The summed E-state index contributed by atoms with van der Waals surface area (Å²) < 4.78 is 0. The van der Waals surface area contributed by atoms with Crippen molar-refractivity contribution in [1.82, 2.24) is 4.98 Å². The zero-order valence-electron chi connectivity index (χ0n) is 9.70. The SMILES string of the molecule is NCCc1ncc(Cc2ccccc2[N+](=O)[O-])s1. The van der Waals surface area contributed by atoms with Crippen LogP contribution in [0.4, 0.5) is 5.69 Å². The van der Waals surface area contributed by atoms with E-state index in [0.717, 1.165) is 16.3 Å². The lowest BCUT2D eigenvalue weighted by Gasteiger charge is -1.99. The van der Waals surface area contributed by atoms with Crippen molar-refractivity contribution in [1.29, 1.82) is 0 Å². The third-order valence-corrected chi connectivity index (χ3v) is 3.57. The molecule has 0 radical (unpaired) electrons. The summed E-state index contributed by atoms with van der Waals surface area (Å²) in [7, 11) is 0. The van der Waals surface area contributed by atoms with E-state index >= 15 is 0 Å². The van der Waals surface area contributed by atoms with E-state index in [1.54, 1.807) is 29.7 Å². The fourth-order valence-corrected chi connectivity index (χ4v) is 2.66. The fourth-order valence-electron chi connectivity index (χ4n) is 1.69. The van der Waals surface area contributed by atoms with Gasteiger partial charge in [0.15, 0.2) is 0 Å². The Balaban J connectivity index is 2.20. The van der Waals surface area contributed by atoms with Crippen molar-refractivity contribution in [2.75, 3.05) is 6.54 Å². The van der Waals surface area contributed by atoms with E-state index in [4.69, 9.17) is 5.73 Å². The largest absolute Gasteiger partial charge is 0.330 e. The average molecular weight is 263 g/mol. The molecule has 0 spiro atoms. The molecule has 5 nitrogen and oxygen atoms in total. The van der Waals surface area contributed by atoms with Gasteiger partial charge in [-0.25, -0.2) is 4.98 Å². The standard InChI is InChI=1S/C12H13N3O2S/c13-6-5-12-14-8-10(18-12)7-9-3-1-2-4-11(9)15(16)17/h1-4,8H,5-7,13H2. The van der Waals surface area contributed by atoms with E-state index in [1.807, 2.05) is 6.07 Å². The number of nitro groups is 1. The number of para-hydroxylation sites is 1. The first-order chi connectivity index (χ1) is 8.70. The van der Waals surface area contributed by atoms with E-state index in [-0.39, 0.29) is 10.6 Å². The molecule has 6 heteroatoms. The summed E-state index contributed by atoms with van der Waals surface area (Å²) in [5, 5.41) is 11.9. The number of rotatable bonds is 5. The molecule has 0 saturated heterocycles. The number of aromatic nitrogens is 1. The molecular weight excluding hydrogens is 250 g/mol. The first-order valence-electron chi connectivity index (χ1n) is 5.56. The zero-order chi connectivity index (χ0) is 13.0. The molecule has 0 amide bonds. The van der Waals surface area contributed by atoms with Gasteiger partial charge in [-0.05, 0) is 6.54 Å². The van der Waals surface area contributed by atoms with Crippen LogP contribution in [0.2, 0.25) is 0 Å². The predicted octanol–water partition coefficient (Wildman–Crippen LogP) is 2.14. The van der Waals surface area contributed by atoms with Crippen LogP contribution in [0.3, 0.4) is 0 Å². The second kappa shape index (κ2) is 5.70. The minimum absolute atomic E-state index is 0.159. The van der Waals surface area contributed by atoms with Crippen LogP contribution in [0.5, 0.6) is 0 Å². The molecule has 94 valence electrons. The molecule has 2 aromatic rings. The maximum Gasteiger partial charge on any atom is 0.272 e. The molecule has 2 rings (SSSR count). The molecule has 0 bridgehead atoms.